The number of carbonyl (C=O) groups excluding carboxylic acids is 4. The molecule has 164 valence electrons. The van der Waals surface area contributed by atoms with Gasteiger partial charge in [-0.2, -0.15) is 0 Å². The van der Waals surface area contributed by atoms with Crippen molar-refractivity contribution >= 4 is 24.0 Å². The lowest BCUT2D eigenvalue weighted by molar-refractivity contribution is -0.130. The van der Waals surface area contributed by atoms with Crippen LogP contribution in [0.3, 0.4) is 0 Å². The van der Waals surface area contributed by atoms with E-state index in [1.54, 1.807) is 12.1 Å². The van der Waals surface area contributed by atoms with Crippen molar-refractivity contribution in [3.63, 3.8) is 0 Å². The fourth-order valence-corrected chi connectivity index (χ4v) is 2.83. The highest BCUT2D eigenvalue weighted by atomic mass is 16.2. The van der Waals surface area contributed by atoms with Gasteiger partial charge in [-0.05, 0) is 30.5 Å². The SMILES string of the molecule is CC(C)[C@@H](C=O)NC(=O)[C@H](C)NC(=O)[C@@H](Cc1ccccc1)NC(=O)c1ccncc1. The number of benzene rings is 1. The van der Waals surface area contributed by atoms with E-state index in [1.165, 1.54) is 19.3 Å². The van der Waals surface area contributed by atoms with Gasteiger partial charge in [0.25, 0.3) is 5.91 Å². The van der Waals surface area contributed by atoms with E-state index in [1.807, 2.05) is 44.2 Å². The first-order valence-corrected chi connectivity index (χ1v) is 10.1. The normalized spacial score (nSPS) is 13.5. The Bertz CT molecular complexity index is 887. The summed E-state index contributed by atoms with van der Waals surface area (Å²) in [4.78, 5) is 52.9. The number of pyridine rings is 1. The van der Waals surface area contributed by atoms with Gasteiger partial charge in [0.05, 0.1) is 6.04 Å². The Labute approximate surface area is 181 Å². The van der Waals surface area contributed by atoms with Crippen molar-refractivity contribution < 1.29 is 19.2 Å². The molecule has 2 rings (SSSR count). The van der Waals surface area contributed by atoms with E-state index in [-0.39, 0.29) is 12.3 Å². The lowest BCUT2D eigenvalue weighted by Gasteiger charge is -2.23. The number of hydrogen-bond acceptors (Lipinski definition) is 5. The Morgan fingerprint density at radius 2 is 1.55 bits per heavy atom. The lowest BCUT2D eigenvalue weighted by Crippen LogP contribution is -2.55. The first kappa shape index (κ1) is 23.7. The summed E-state index contributed by atoms with van der Waals surface area (Å²) in [6.07, 6.45) is 3.91. The molecule has 8 nitrogen and oxygen atoms in total. The van der Waals surface area contributed by atoms with E-state index < -0.39 is 35.8 Å². The quantitative estimate of drug-likeness (QED) is 0.497. The van der Waals surface area contributed by atoms with Gasteiger partial charge in [-0.25, -0.2) is 0 Å². The first-order chi connectivity index (χ1) is 14.8. The van der Waals surface area contributed by atoms with Gasteiger partial charge in [0.1, 0.15) is 18.4 Å². The van der Waals surface area contributed by atoms with E-state index in [4.69, 9.17) is 0 Å². The van der Waals surface area contributed by atoms with Crippen LogP contribution < -0.4 is 16.0 Å². The van der Waals surface area contributed by atoms with Crippen LogP contribution in [0.2, 0.25) is 0 Å². The fourth-order valence-electron chi connectivity index (χ4n) is 2.83. The predicted molar refractivity (Wildman–Crippen MR) is 116 cm³/mol. The Morgan fingerprint density at radius 1 is 0.903 bits per heavy atom. The van der Waals surface area contributed by atoms with Crippen LogP contribution in [0, 0.1) is 5.92 Å². The molecule has 1 aromatic heterocycles. The number of aromatic nitrogens is 1. The molecule has 31 heavy (non-hydrogen) atoms. The topological polar surface area (TPSA) is 117 Å². The number of rotatable bonds is 10. The molecule has 3 atom stereocenters. The van der Waals surface area contributed by atoms with Gasteiger partial charge >= 0.3 is 0 Å². The molecular weight excluding hydrogens is 396 g/mol. The zero-order valence-corrected chi connectivity index (χ0v) is 17.9. The summed E-state index contributed by atoms with van der Waals surface area (Å²) in [5.74, 6) is -1.47. The summed E-state index contributed by atoms with van der Waals surface area (Å²) in [5, 5.41) is 7.97. The van der Waals surface area contributed by atoms with E-state index in [9.17, 15) is 19.2 Å². The molecule has 0 bridgehead atoms. The van der Waals surface area contributed by atoms with Crippen molar-refractivity contribution in [1.29, 1.82) is 0 Å². The van der Waals surface area contributed by atoms with Gasteiger partial charge in [-0.1, -0.05) is 44.2 Å². The fraction of sp³-hybridized carbons (Fsp3) is 0.348. The van der Waals surface area contributed by atoms with Crippen LogP contribution in [0.15, 0.2) is 54.9 Å². The van der Waals surface area contributed by atoms with Crippen molar-refractivity contribution in [2.24, 2.45) is 5.92 Å². The van der Waals surface area contributed by atoms with Crippen molar-refractivity contribution in [3.05, 3.63) is 66.0 Å². The van der Waals surface area contributed by atoms with Gasteiger partial charge in [0, 0.05) is 24.4 Å². The third-order valence-corrected chi connectivity index (χ3v) is 4.77. The number of nitrogens with zero attached hydrogens (tertiary/aromatic N) is 1. The summed E-state index contributed by atoms with van der Waals surface area (Å²) in [7, 11) is 0. The third kappa shape index (κ3) is 7.33. The molecule has 0 saturated heterocycles. The van der Waals surface area contributed by atoms with Gasteiger partial charge in [-0.15, -0.1) is 0 Å². The largest absolute Gasteiger partial charge is 0.345 e. The highest BCUT2D eigenvalue weighted by molar-refractivity contribution is 5.98. The molecule has 0 spiro atoms. The van der Waals surface area contributed by atoms with E-state index in [2.05, 4.69) is 20.9 Å². The minimum Gasteiger partial charge on any atom is -0.345 e. The molecule has 8 heteroatoms. The number of hydrogen-bond donors (Lipinski definition) is 3. The molecule has 2 aromatic rings. The van der Waals surface area contributed by atoms with Gasteiger partial charge < -0.3 is 20.7 Å². The second kappa shape index (κ2) is 11.6. The number of aldehydes is 1. The maximum Gasteiger partial charge on any atom is 0.252 e. The molecule has 0 aliphatic rings. The predicted octanol–water partition coefficient (Wildman–Crippen LogP) is 1.27. The van der Waals surface area contributed by atoms with Gasteiger partial charge in [0.2, 0.25) is 11.8 Å². The summed E-state index contributed by atoms with van der Waals surface area (Å²) >= 11 is 0. The monoisotopic (exact) mass is 424 g/mol. The smallest absolute Gasteiger partial charge is 0.252 e. The second-order valence-corrected chi connectivity index (χ2v) is 7.60. The second-order valence-electron chi connectivity index (χ2n) is 7.60. The molecule has 1 heterocycles. The zero-order chi connectivity index (χ0) is 22.8. The zero-order valence-electron chi connectivity index (χ0n) is 17.9. The standard InChI is InChI=1S/C23H28N4O4/c1-15(2)20(14-28)27-21(29)16(3)25-23(31)19(13-17-7-5-4-6-8-17)26-22(30)18-9-11-24-12-10-18/h4-12,14-16,19-20H,13H2,1-3H3,(H,25,31)(H,26,30)(H,27,29)/t16-,19+,20+/m0/s1. The average Bonchev–Trinajstić information content (AvgIpc) is 2.77. The van der Waals surface area contributed by atoms with E-state index in [0.717, 1.165) is 5.56 Å². The van der Waals surface area contributed by atoms with Crippen molar-refractivity contribution in [2.75, 3.05) is 0 Å². The van der Waals surface area contributed by atoms with Crippen molar-refractivity contribution in [3.8, 4) is 0 Å². The molecule has 0 unspecified atom stereocenters. The maximum atomic E-state index is 12.9. The maximum absolute atomic E-state index is 12.9. The first-order valence-electron chi connectivity index (χ1n) is 10.1. The van der Waals surface area contributed by atoms with Crippen LogP contribution in [-0.2, 0) is 20.8 Å². The van der Waals surface area contributed by atoms with Crippen LogP contribution in [0.5, 0.6) is 0 Å². The van der Waals surface area contributed by atoms with E-state index >= 15 is 0 Å². The van der Waals surface area contributed by atoms with E-state index in [0.29, 0.717) is 11.8 Å². The molecule has 1 aromatic carbocycles. The van der Waals surface area contributed by atoms with Crippen LogP contribution in [0.4, 0.5) is 0 Å². The van der Waals surface area contributed by atoms with Crippen LogP contribution in [-0.4, -0.2) is 47.1 Å². The molecule has 0 radical (unpaired) electrons. The molecule has 0 fully saturated rings. The molecule has 0 aliphatic heterocycles. The Hall–Kier alpha value is -3.55. The van der Waals surface area contributed by atoms with Crippen molar-refractivity contribution in [2.45, 2.75) is 45.3 Å². The van der Waals surface area contributed by atoms with Gasteiger partial charge in [-0.3, -0.25) is 19.4 Å². The number of amides is 3. The molecule has 3 N–H and O–H groups in total. The number of nitrogens with one attached hydrogen (secondary N) is 3. The Morgan fingerprint density at radius 3 is 2.13 bits per heavy atom. The van der Waals surface area contributed by atoms with Gasteiger partial charge in [0.15, 0.2) is 0 Å². The minimum atomic E-state index is -0.898. The Balaban J connectivity index is 2.10. The minimum absolute atomic E-state index is 0.0742. The van der Waals surface area contributed by atoms with Crippen LogP contribution >= 0.6 is 0 Å². The van der Waals surface area contributed by atoms with Crippen LogP contribution in [0.1, 0.15) is 36.7 Å². The highest BCUT2D eigenvalue weighted by Gasteiger charge is 2.26. The molecule has 3 amide bonds. The lowest BCUT2D eigenvalue weighted by atomic mass is 10.0. The molecule has 0 saturated carbocycles. The average molecular weight is 425 g/mol. The number of carbonyl (C=O) groups is 4. The summed E-state index contributed by atoms with van der Waals surface area (Å²) in [5.41, 5.74) is 1.23. The summed E-state index contributed by atoms with van der Waals surface area (Å²) in [6, 6.07) is 9.93. The summed E-state index contributed by atoms with van der Waals surface area (Å²) in [6.45, 7) is 5.15. The molecular formula is C23H28N4O4. The highest BCUT2D eigenvalue weighted by Crippen LogP contribution is 2.06. The Kier molecular flexibility index (Phi) is 8.87. The van der Waals surface area contributed by atoms with Crippen molar-refractivity contribution in [1.82, 2.24) is 20.9 Å². The summed E-state index contributed by atoms with van der Waals surface area (Å²) < 4.78 is 0. The molecule has 0 aliphatic carbocycles. The third-order valence-electron chi connectivity index (χ3n) is 4.77. The van der Waals surface area contributed by atoms with Crippen LogP contribution in [0.25, 0.3) is 0 Å².